The molecule has 1 aliphatic carbocycles. The molecule has 0 amide bonds. The van der Waals surface area contributed by atoms with E-state index in [4.69, 9.17) is 19.2 Å². The topological polar surface area (TPSA) is 130 Å². The zero-order valence-electron chi connectivity index (χ0n) is 26.4. The Morgan fingerprint density at radius 3 is 2.58 bits per heavy atom. The van der Waals surface area contributed by atoms with Gasteiger partial charge < -0.3 is 30.2 Å². The fourth-order valence-corrected chi connectivity index (χ4v) is 5.67. The molecule has 2 fully saturated rings. The second-order valence-corrected chi connectivity index (χ2v) is 13.0. The lowest BCUT2D eigenvalue weighted by Crippen LogP contribution is -2.43. The summed E-state index contributed by atoms with van der Waals surface area (Å²) in [7, 11) is 0. The maximum absolute atomic E-state index is 11.9. The average molecular weight is 593 g/mol. The summed E-state index contributed by atoms with van der Waals surface area (Å²) in [6.07, 6.45) is 7.55. The number of anilines is 2. The molecule has 0 unspecified atom stereocenters. The summed E-state index contributed by atoms with van der Waals surface area (Å²) in [6.45, 7) is 11.9. The molecule has 4 rings (SSSR count). The lowest BCUT2D eigenvalue weighted by atomic mass is 9.82. The summed E-state index contributed by atoms with van der Waals surface area (Å²) >= 11 is 0. The first-order valence-electron chi connectivity index (χ1n) is 15.5. The molecule has 2 aromatic rings. The number of nitriles is 1. The fourth-order valence-electron chi connectivity index (χ4n) is 5.67. The number of rotatable bonds is 12. The molecule has 3 heterocycles. The van der Waals surface area contributed by atoms with Gasteiger partial charge in [-0.1, -0.05) is 6.07 Å². The van der Waals surface area contributed by atoms with Gasteiger partial charge in [-0.3, -0.25) is 0 Å². The molecule has 10 nitrogen and oxygen atoms in total. The minimum absolute atomic E-state index is 0.0282. The summed E-state index contributed by atoms with van der Waals surface area (Å²) in [5.41, 5.74) is 2.06. The van der Waals surface area contributed by atoms with Crippen LogP contribution in [0.25, 0.3) is 11.3 Å². The van der Waals surface area contributed by atoms with E-state index < -0.39 is 11.0 Å². The van der Waals surface area contributed by atoms with E-state index in [1.165, 1.54) is 0 Å². The Hall–Kier alpha value is -3.26. The van der Waals surface area contributed by atoms with Crippen molar-refractivity contribution in [1.29, 1.82) is 5.26 Å². The predicted molar refractivity (Wildman–Crippen MR) is 168 cm³/mol. The number of nitrogens with zero attached hydrogens (tertiary/aromatic N) is 3. The van der Waals surface area contributed by atoms with E-state index >= 15 is 0 Å². The first-order chi connectivity index (χ1) is 20.5. The highest BCUT2D eigenvalue weighted by Gasteiger charge is 2.32. The van der Waals surface area contributed by atoms with Gasteiger partial charge in [0.1, 0.15) is 23.8 Å². The minimum Gasteiger partial charge on any atom is -0.458 e. The van der Waals surface area contributed by atoms with Crippen LogP contribution in [0.2, 0.25) is 0 Å². The van der Waals surface area contributed by atoms with Crippen molar-refractivity contribution in [3.63, 3.8) is 0 Å². The number of nitrogens with one attached hydrogen (secondary N) is 3. The Bertz CT molecular complexity index is 1240. The first-order valence-corrected chi connectivity index (χ1v) is 15.5. The molecule has 2 aromatic heterocycles. The standard InChI is InChI=1S/C33H48N6O4/c1-23-18-35-30(17-27(23)28-7-6-8-29(39-28)36-22-33(21-34)13-15-41-16-14-33)38-26-11-9-25(10-12-26)37-24(2)19-42-20-31(40)43-32(3,4)5/h6-8,17-18,24-26,37H,9-16,19-20,22H2,1-5H3,(H,35,38)(H,36,39)/t24-,25-,26-/m1/s1. The molecule has 3 N–H and O–H groups in total. The van der Waals surface area contributed by atoms with Gasteiger partial charge >= 0.3 is 5.97 Å². The summed E-state index contributed by atoms with van der Waals surface area (Å²) in [4.78, 5) is 21.4. The van der Waals surface area contributed by atoms with Crippen LogP contribution in [0.3, 0.4) is 0 Å². The molecule has 43 heavy (non-hydrogen) atoms. The third kappa shape index (κ3) is 10.2. The number of esters is 1. The Morgan fingerprint density at radius 2 is 1.88 bits per heavy atom. The van der Waals surface area contributed by atoms with Gasteiger partial charge in [-0.25, -0.2) is 14.8 Å². The lowest BCUT2D eigenvalue weighted by Gasteiger charge is -2.32. The van der Waals surface area contributed by atoms with Crippen molar-refractivity contribution in [1.82, 2.24) is 15.3 Å². The third-order valence-electron chi connectivity index (χ3n) is 8.03. The molecular weight excluding hydrogens is 544 g/mol. The molecule has 1 aliphatic heterocycles. The molecule has 1 saturated heterocycles. The first kappa shape index (κ1) is 32.6. The number of aromatic nitrogens is 2. The van der Waals surface area contributed by atoms with Gasteiger partial charge in [-0.05, 0) is 96.9 Å². The zero-order valence-corrected chi connectivity index (χ0v) is 26.4. The van der Waals surface area contributed by atoms with Crippen molar-refractivity contribution in [2.75, 3.05) is 43.6 Å². The smallest absolute Gasteiger partial charge is 0.332 e. The summed E-state index contributed by atoms with van der Waals surface area (Å²) in [5, 5.41) is 20.5. The van der Waals surface area contributed by atoms with E-state index in [1.807, 2.05) is 45.2 Å². The number of ether oxygens (including phenoxy) is 3. The molecule has 10 heteroatoms. The number of carbonyl (C=O) groups is 1. The third-order valence-corrected chi connectivity index (χ3v) is 8.03. The molecule has 2 aliphatic rings. The maximum Gasteiger partial charge on any atom is 0.332 e. The lowest BCUT2D eigenvalue weighted by molar-refractivity contribution is -0.160. The van der Waals surface area contributed by atoms with Crippen molar-refractivity contribution in [2.45, 2.75) is 96.9 Å². The van der Waals surface area contributed by atoms with Crippen molar-refractivity contribution in [2.24, 2.45) is 5.41 Å². The van der Waals surface area contributed by atoms with Gasteiger partial charge in [0, 0.05) is 49.6 Å². The van der Waals surface area contributed by atoms with Crippen molar-refractivity contribution >= 4 is 17.6 Å². The number of carbonyl (C=O) groups excluding carboxylic acids is 1. The highest BCUT2D eigenvalue weighted by Crippen LogP contribution is 2.31. The van der Waals surface area contributed by atoms with Crippen LogP contribution in [0.1, 0.15) is 71.8 Å². The summed E-state index contributed by atoms with van der Waals surface area (Å²) < 4.78 is 16.3. The van der Waals surface area contributed by atoms with E-state index in [0.717, 1.165) is 67.0 Å². The molecule has 0 radical (unpaired) electrons. The zero-order chi connectivity index (χ0) is 30.9. The maximum atomic E-state index is 11.9. The van der Waals surface area contributed by atoms with Gasteiger partial charge in [0.15, 0.2) is 0 Å². The highest BCUT2D eigenvalue weighted by molar-refractivity contribution is 5.71. The molecule has 0 spiro atoms. The van der Waals surface area contributed by atoms with Crippen LogP contribution < -0.4 is 16.0 Å². The van der Waals surface area contributed by atoms with Gasteiger partial charge in [0.05, 0.1) is 23.8 Å². The Balaban J connectivity index is 1.25. The molecule has 0 bridgehead atoms. The number of aryl methyl sites for hydroxylation is 1. The quantitative estimate of drug-likeness (QED) is 0.281. The number of hydrogen-bond acceptors (Lipinski definition) is 10. The molecule has 1 saturated carbocycles. The van der Waals surface area contributed by atoms with E-state index in [-0.39, 0.29) is 18.6 Å². The average Bonchev–Trinajstić information content (AvgIpc) is 2.98. The van der Waals surface area contributed by atoms with E-state index in [2.05, 4.69) is 46.9 Å². The minimum atomic E-state index is -0.500. The van der Waals surface area contributed by atoms with Crippen LogP contribution in [0.4, 0.5) is 11.6 Å². The van der Waals surface area contributed by atoms with Crippen LogP contribution in [0, 0.1) is 23.7 Å². The predicted octanol–water partition coefficient (Wildman–Crippen LogP) is 5.24. The molecular formula is C33H48N6O4. The van der Waals surface area contributed by atoms with Crippen LogP contribution in [0.5, 0.6) is 0 Å². The van der Waals surface area contributed by atoms with Crippen LogP contribution >= 0.6 is 0 Å². The molecule has 1 atom stereocenters. The number of hydrogen-bond donors (Lipinski definition) is 3. The highest BCUT2D eigenvalue weighted by atomic mass is 16.6. The summed E-state index contributed by atoms with van der Waals surface area (Å²) in [6, 6.07) is 11.5. The van der Waals surface area contributed by atoms with Crippen LogP contribution in [0.15, 0.2) is 30.5 Å². The summed E-state index contributed by atoms with van der Waals surface area (Å²) in [5.74, 6) is 1.28. The monoisotopic (exact) mass is 592 g/mol. The van der Waals surface area contributed by atoms with E-state index in [0.29, 0.717) is 38.4 Å². The Labute approximate surface area is 256 Å². The SMILES string of the molecule is Cc1cnc(N[C@H]2CC[C@H](N[C@H](C)COCC(=O)OC(C)(C)C)CC2)cc1-c1cccc(NCC2(C#N)CCOCC2)n1. The van der Waals surface area contributed by atoms with Gasteiger partial charge in [0.2, 0.25) is 0 Å². The number of pyridine rings is 2. The fraction of sp³-hybridized carbons (Fsp3) is 0.636. The normalized spacial score (nSPS) is 20.9. The van der Waals surface area contributed by atoms with E-state index in [1.54, 1.807) is 0 Å². The van der Waals surface area contributed by atoms with E-state index in [9.17, 15) is 10.1 Å². The van der Waals surface area contributed by atoms with Crippen molar-refractivity contribution in [3.05, 3.63) is 36.0 Å². The van der Waals surface area contributed by atoms with Gasteiger partial charge in [0.25, 0.3) is 0 Å². The Morgan fingerprint density at radius 1 is 1.16 bits per heavy atom. The molecule has 0 aromatic carbocycles. The van der Waals surface area contributed by atoms with Crippen LogP contribution in [-0.4, -0.2) is 72.6 Å². The largest absolute Gasteiger partial charge is 0.458 e. The van der Waals surface area contributed by atoms with Crippen molar-refractivity contribution < 1.29 is 19.0 Å². The second-order valence-electron chi connectivity index (χ2n) is 13.0. The molecule has 234 valence electrons. The Kier molecular flexibility index (Phi) is 11.4. The van der Waals surface area contributed by atoms with Crippen molar-refractivity contribution in [3.8, 4) is 17.3 Å². The van der Waals surface area contributed by atoms with Gasteiger partial charge in [-0.2, -0.15) is 5.26 Å². The van der Waals surface area contributed by atoms with Crippen LogP contribution in [-0.2, 0) is 19.0 Å². The second kappa shape index (κ2) is 15.0. The van der Waals surface area contributed by atoms with Gasteiger partial charge in [-0.15, -0.1) is 0 Å².